The molecular formula is C21H20ClN3O4S2. The lowest BCUT2D eigenvalue weighted by Crippen LogP contribution is -2.40. The number of benzene rings is 2. The third-order valence-electron chi connectivity index (χ3n) is 4.79. The number of nitrogens with one attached hydrogen (secondary N) is 1. The fourth-order valence-corrected chi connectivity index (χ4v) is 5.87. The molecule has 1 aliphatic rings. The zero-order valence-electron chi connectivity index (χ0n) is 16.7. The van der Waals surface area contributed by atoms with Crippen LogP contribution in [0.1, 0.15) is 16.1 Å². The summed E-state index contributed by atoms with van der Waals surface area (Å²) in [5.74, 6) is -0.348. The average Bonchev–Trinajstić information content (AvgIpc) is 3.22. The van der Waals surface area contributed by atoms with Crippen LogP contribution in [-0.2, 0) is 14.8 Å². The van der Waals surface area contributed by atoms with Crippen LogP contribution in [0, 0.1) is 6.92 Å². The quantitative estimate of drug-likeness (QED) is 0.599. The number of morpholine rings is 1. The molecule has 2 aromatic carbocycles. The number of nitrogens with zero attached hydrogens (tertiary/aromatic N) is 2. The molecule has 0 atom stereocenters. The Balaban J connectivity index is 1.53. The van der Waals surface area contributed by atoms with Crippen LogP contribution in [-0.4, -0.2) is 49.9 Å². The van der Waals surface area contributed by atoms with E-state index >= 15 is 0 Å². The number of sulfonamides is 1. The molecule has 7 nitrogen and oxygen atoms in total. The van der Waals surface area contributed by atoms with E-state index in [0.717, 1.165) is 16.3 Å². The number of halogens is 1. The first-order valence-corrected chi connectivity index (χ1v) is 12.3. The van der Waals surface area contributed by atoms with Crippen LogP contribution >= 0.6 is 22.9 Å². The number of ether oxygens (including phenoxy) is 1. The monoisotopic (exact) mass is 477 g/mol. The van der Waals surface area contributed by atoms with E-state index in [0.29, 0.717) is 24.5 Å². The molecule has 1 saturated heterocycles. The molecule has 1 fully saturated rings. The Kier molecular flexibility index (Phi) is 6.40. The molecule has 1 aliphatic heterocycles. The number of thiazole rings is 1. The highest BCUT2D eigenvalue weighted by atomic mass is 35.5. The van der Waals surface area contributed by atoms with Crippen LogP contribution in [0.15, 0.2) is 52.7 Å². The normalized spacial score (nSPS) is 15.0. The minimum Gasteiger partial charge on any atom is -0.379 e. The predicted molar refractivity (Wildman–Crippen MR) is 121 cm³/mol. The molecule has 10 heteroatoms. The van der Waals surface area contributed by atoms with Crippen molar-refractivity contribution in [2.24, 2.45) is 0 Å². The van der Waals surface area contributed by atoms with Crippen LogP contribution in [0.5, 0.6) is 0 Å². The standard InChI is InChI=1S/C21H20ClN3O4S2/c1-14-13-30-21(23-14)16-4-2-15(3-5-16)20(26)24-17-6-7-18(22)19(12-17)31(27,28)25-8-10-29-11-9-25/h2-7,12-13H,8-11H2,1H3,(H,24,26). The first-order valence-electron chi connectivity index (χ1n) is 9.56. The first-order chi connectivity index (χ1) is 14.8. The topological polar surface area (TPSA) is 88.6 Å². The zero-order valence-corrected chi connectivity index (χ0v) is 19.1. The van der Waals surface area contributed by atoms with Crippen LogP contribution in [0.3, 0.4) is 0 Å². The lowest BCUT2D eigenvalue weighted by molar-refractivity contribution is 0.0730. The molecule has 0 radical (unpaired) electrons. The second-order valence-corrected chi connectivity index (χ2v) is 10.2. The molecule has 3 aromatic rings. The van der Waals surface area contributed by atoms with E-state index in [1.165, 1.54) is 16.4 Å². The Hall–Kier alpha value is -2.30. The van der Waals surface area contributed by atoms with Crippen molar-refractivity contribution in [2.45, 2.75) is 11.8 Å². The summed E-state index contributed by atoms with van der Waals surface area (Å²) in [7, 11) is -3.79. The smallest absolute Gasteiger partial charge is 0.255 e. The highest BCUT2D eigenvalue weighted by molar-refractivity contribution is 7.89. The minimum atomic E-state index is -3.79. The summed E-state index contributed by atoms with van der Waals surface area (Å²) in [5, 5.41) is 5.71. The van der Waals surface area contributed by atoms with Crippen molar-refractivity contribution in [3.8, 4) is 10.6 Å². The van der Waals surface area contributed by atoms with Gasteiger partial charge < -0.3 is 10.1 Å². The third-order valence-corrected chi connectivity index (χ3v) is 8.18. The fourth-order valence-electron chi connectivity index (χ4n) is 3.16. The van der Waals surface area contributed by atoms with Gasteiger partial charge in [-0.1, -0.05) is 23.7 Å². The summed E-state index contributed by atoms with van der Waals surface area (Å²) in [6.07, 6.45) is 0. The number of anilines is 1. The Morgan fingerprint density at radius 1 is 1.16 bits per heavy atom. The molecular weight excluding hydrogens is 458 g/mol. The maximum absolute atomic E-state index is 13.0. The van der Waals surface area contributed by atoms with Crippen molar-refractivity contribution < 1.29 is 17.9 Å². The number of aryl methyl sites for hydroxylation is 1. The molecule has 1 amide bonds. The van der Waals surface area contributed by atoms with Gasteiger partial charge in [0.05, 0.1) is 18.2 Å². The highest BCUT2D eigenvalue weighted by Gasteiger charge is 2.28. The Labute approximate surface area is 189 Å². The van der Waals surface area contributed by atoms with Gasteiger partial charge in [0.25, 0.3) is 5.91 Å². The van der Waals surface area contributed by atoms with Gasteiger partial charge in [0.15, 0.2) is 0 Å². The molecule has 1 N–H and O–H groups in total. The molecule has 162 valence electrons. The maximum atomic E-state index is 13.0. The Morgan fingerprint density at radius 2 is 1.87 bits per heavy atom. The van der Waals surface area contributed by atoms with Crippen molar-refractivity contribution >= 4 is 44.6 Å². The lowest BCUT2D eigenvalue weighted by Gasteiger charge is -2.26. The summed E-state index contributed by atoms with van der Waals surface area (Å²) in [4.78, 5) is 17.1. The summed E-state index contributed by atoms with van der Waals surface area (Å²) >= 11 is 7.72. The first kappa shape index (κ1) is 21.9. The summed E-state index contributed by atoms with van der Waals surface area (Å²) in [6.45, 7) is 3.13. The second kappa shape index (κ2) is 9.05. The average molecular weight is 478 g/mol. The number of carbonyl (C=O) groups is 1. The van der Waals surface area contributed by atoms with Gasteiger partial charge in [-0.3, -0.25) is 4.79 Å². The highest BCUT2D eigenvalue weighted by Crippen LogP contribution is 2.29. The fraction of sp³-hybridized carbons (Fsp3) is 0.238. The zero-order chi connectivity index (χ0) is 22.0. The van der Waals surface area contributed by atoms with E-state index in [-0.39, 0.29) is 28.9 Å². The minimum absolute atomic E-state index is 0.0386. The van der Waals surface area contributed by atoms with E-state index in [1.807, 2.05) is 24.4 Å². The SMILES string of the molecule is Cc1csc(-c2ccc(C(=O)Nc3ccc(Cl)c(S(=O)(=O)N4CCOCC4)c3)cc2)n1. The Morgan fingerprint density at radius 3 is 2.52 bits per heavy atom. The van der Waals surface area contributed by atoms with E-state index < -0.39 is 10.0 Å². The van der Waals surface area contributed by atoms with Gasteiger partial charge in [-0.2, -0.15) is 4.31 Å². The largest absolute Gasteiger partial charge is 0.379 e. The van der Waals surface area contributed by atoms with Gasteiger partial charge in [-0.05, 0) is 37.3 Å². The van der Waals surface area contributed by atoms with Crippen LogP contribution in [0.4, 0.5) is 5.69 Å². The van der Waals surface area contributed by atoms with Crippen LogP contribution in [0.25, 0.3) is 10.6 Å². The van der Waals surface area contributed by atoms with Crippen molar-refractivity contribution in [2.75, 3.05) is 31.6 Å². The van der Waals surface area contributed by atoms with E-state index in [1.54, 1.807) is 29.5 Å². The molecule has 0 saturated carbocycles. The predicted octanol–water partition coefficient (Wildman–Crippen LogP) is 4.05. The molecule has 31 heavy (non-hydrogen) atoms. The number of hydrogen-bond acceptors (Lipinski definition) is 6. The Bertz CT molecular complexity index is 1200. The van der Waals surface area contributed by atoms with Gasteiger partial charge >= 0.3 is 0 Å². The van der Waals surface area contributed by atoms with Crippen molar-refractivity contribution in [1.29, 1.82) is 0 Å². The number of amides is 1. The third kappa shape index (κ3) is 4.81. The summed E-state index contributed by atoms with van der Waals surface area (Å²) in [6, 6.07) is 11.5. The van der Waals surface area contributed by atoms with E-state index in [9.17, 15) is 13.2 Å². The molecule has 0 unspecified atom stereocenters. The maximum Gasteiger partial charge on any atom is 0.255 e. The molecule has 0 aliphatic carbocycles. The summed E-state index contributed by atoms with van der Waals surface area (Å²) < 4.78 is 32.5. The molecule has 0 spiro atoms. The summed E-state index contributed by atoms with van der Waals surface area (Å²) in [5.41, 5.74) is 2.68. The second-order valence-electron chi connectivity index (χ2n) is 6.99. The van der Waals surface area contributed by atoms with E-state index in [4.69, 9.17) is 16.3 Å². The van der Waals surface area contributed by atoms with Crippen molar-refractivity contribution in [3.05, 3.63) is 64.1 Å². The number of rotatable bonds is 5. The van der Waals surface area contributed by atoms with Crippen molar-refractivity contribution in [1.82, 2.24) is 9.29 Å². The number of carbonyl (C=O) groups excluding carboxylic acids is 1. The molecule has 1 aromatic heterocycles. The molecule has 0 bridgehead atoms. The van der Waals surface area contributed by atoms with Gasteiger partial charge in [0, 0.05) is 41.0 Å². The number of hydrogen-bond donors (Lipinski definition) is 1. The van der Waals surface area contributed by atoms with Gasteiger partial charge in [-0.15, -0.1) is 11.3 Å². The van der Waals surface area contributed by atoms with E-state index in [2.05, 4.69) is 10.3 Å². The van der Waals surface area contributed by atoms with Crippen LogP contribution in [0.2, 0.25) is 5.02 Å². The van der Waals surface area contributed by atoms with Gasteiger partial charge in [-0.25, -0.2) is 13.4 Å². The van der Waals surface area contributed by atoms with Crippen LogP contribution < -0.4 is 5.32 Å². The van der Waals surface area contributed by atoms with Gasteiger partial charge in [0.2, 0.25) is 10.0 Å². The number of aromatic nitrogens is 1. The van der Waals surface area contributed by atoms with Crippen molar-refractivity contribution in [3.63, 3.8) is 0 Å². The lowest BCUT2D eigenvalue weighted by atomic mass is 10.1. The molecule has 4 rings (SSSR count). The molecule has 2 heterocycles. The van der Waals surface area contributed by atoms with Gasteiger partial charge in [0.1, 0.15) is 9.90 Å².